The van der Waals surface area contributed by atoms with Gasteiger partial charge in [-0.2, -0.15) is 0 Å². The molecule has 2 heteroatoms. The second kappa shape index (κ2) is 12.5. The molecule has 0 aromatic heterocycles. The second-order valence-electron chi connectivity index (χ2n) is 3.92. The van der Waals surface area contributed by atoms with Crippen LogP contribution >= 0.6 is 11.6 Å². The van der Waals surface area contributed by atoms with Gasteiger partial charge < -0.3 is 4.74 Å². The van der Waals surface area contributed by atoms with Crippen LogP contribution in [0.4, 0.5) is 0 Å². The Kier molecular flexibility index (Phi) is 11.8. The highest BCUT2D eigenvalue weighted by Crippen LogP contribution is 2.15. The molecule has 0 saturated carbocycles. The Bertz CT molecular complexity index is 310. The van der Waals surface area contributed by atoms with E-state index >= 15 is 0 Å². The smallest absolute Gasteiger partial charge is 0.0772 e. The molecule has 0 aromatic carbocycles. The number of hydrogen-bond acceptors (Lipinski definition) is 1. The van der Waals surface area contributed by atoms with Gasteiger partial charge in [-0.15, -0.1) is 18.0 Å². The van der Waals surface area contributed by atoms with E-state index in [0.717, 1.165) is 25.7 Å². The monoisotopic (exact) mass is 266 g/mol. The molecule has 0 fully saturated rings. The highest BCUT2D eigenvalue weighted by Gasteiger charge is 2.15. The van der Waals surface area contributed by atoms with Crippen molar-refractivity contribution >= 4 is 11.6 Å². The normalized spacial score (nSPS) is 15.4. The molecule has 1 nitrogen and oxygen atoms in total. The number of allylic oxidation sites excluding steroid dienone is 5. The molecule has 0 aliphatic rings. The van der Waals surface area contributed by atoms with Crippen LogP contribution in [-0.4, -0.2) is 18.6 Å². The summed E-state index contributed by atoms with van der Waals surface area (Å²) in [6.07, 6.45) is 20.9. The molecule has 0 saturated heterocycles. The third-order valence-electron chi connectivity index (χ3n) is 2.49. The van der Waals surface area contributed by atoms with Crippen molar-refractivity contribution in [3.8, 4) is 12.3 Å². The lowest BCUT2D eigenvalue weighted by atomic mass is 10.1. The molecule has 0 aliphatic heterocycles. The maximum atomic E-state index is 6.29. The zero-order chi connectivity index (χ0) is 13.6. The summed E-state index contributed by atoms with van der Waals surface area (Å²) in [5.41, 5.74) is 0. The number of methoxy groups -OCH3 is 1. The summed E-state index contributed by atoms with van der Waals surface area (Å²) >= 11 is 6.29. The molecule has 2 atom stereocenters. The number of halogens is 1. The van der Waals surface area contributed by atoms with Crippen molar-refractivity contribution in [3.05, 3.63) is 36.5 Å². The van der Waals surface area contributed by atoms with E-state index < -0.39 is 0 Å². The zero-order valence-corrected chi connectivity index (χ0v) is 12.1. The average Bonchev–Trinajstić information content (AvgIpc) is 2.38. The Labute approximate surface area is 117 Å². The minimum absolute atomic E-state index is 0.00657. The molecule has 0 N–H and O–H groups in total. The maximum Gasteiger partial charge on any atom is 0.0772 e. The van der Waals surface area contributed by atoms with E-state index in [2.05, 4.69) is 37.1 Å². The van der Waals surface area contributed by atoms with Gasteiger partial charge in [0.2, 0.25) is 0 Å². The molecular weight excluding hydrogens is 244 g/mol. The van der Waals surface area contributed by atoms with Crippen molar-refractivity contribution < 1.29 is 4.74 Å². The molecule has 0 aliphatic carbocycles. The third kappa shape index (κ3) is 9.10. The van der Waals surface area contributed by atoms with Gasteiger partial charge in [-0.3, -0.25) is 0 Å². The van der Waals surface area contributed by atoms with E-state index in [1.807, 2.05) is 6.08 Å². The maximum absolute atomic E-state index is 6.29. The van der Waals surface area contributed by atoms with E-state index in [4.69, 9.17) is 22.8 Å². The summed E-state index contributed by atoms with van der Waals surface area (Å²) in [6, 6.07) is 0. The van der Waals surface area contributed by atoms with Gasteiger partial charge in [-0.25, -0.2) is 0 Å². The summed E-state index contributed by atoms with van der Waals surface area (Å²) in [5, 5.41) is -0.0242. The van der Waals surface area contributed by atoms with Crippen LogP contribution in [0.15, 0.2) is 36.5 Å². The number of hydrogen-bond donors (Lipinski definition) is 0. The summed E-state index contributed by atoms with van der Waals surface area (Å²) in [5.74, 6) is 2.46. The number of terminal acetylenes is 1. The van der Waals surface area contributed by atoms with Crippen LogP contribution in [0.1, 0.15) is 32.6 Å². The molecule has 0 bridgehead atoms. The van der Waals surface area contributed by atoms with Crippen LogP contribution in [0.5, 0.6) is 0 Å². The lowest BCUT2D eigenvalue weighted by Crippen LogP contribution is -2.22. The fourth-order valence-corrected chi connectivity index (χ4v) is 1.79. The van der Waals surface area contributed by atoms with Crippen molar-refractivity contribution in [2.24, 2.45) is 0 Å². The Balaban J connectivity index is 3.96. The first-order chi connectivity index (χ1) is 8.76. The minimum Gasteiger partial charge on any atom is -0.380 e. The fraction of sp³-hybridized carbons (Fsp3) is 0.500. The van der Waals surface area contributed by atoms with Gasteiger partial charge >= 0.3 is 0 Å². The van der Waals surface area contributed by atoms with E-state index in [-0.39, 0.29) is 11.5 Å². The van der Waals surface area contributed by atoms with Gasteiger partial charge in [0.15, 0.2) is 0 Å². The van der Waals surface area contributed by atoms with Crippen molar-refractivity contribution in [3.63, 3.8) is 0 Å². The van der Waals surface area contributed by atoms with Gasteiger partial charge in [-0.1, -0.05) is 43.2 Å². The van der Waals surface area contributed by atoms with Gasteiger partial charge in [0.25, 0.3) is 0 Å². The molecule has 18 heavy (non-hydrogen) atoms. The summed E-state index contributed by atoms with van der Waals surface area (Å²) in [6.45, 7) is 2.13. The van der Waals surface area contributed by atoms with E-state index in [1.165, 1.54) is 0 Å². The molecule has 0 rings (SSSR count). The minimum atomic E-state index is -0.0242. The topological polar surface area (TPSA) is 9.23 Å². The van der Waals surface area contributed by atoms with Crippen molar-refractivity contribution in [1.82, 2.24) is 0 Å². The summed E-state index contributed by atoms with van der Waals surface area (Å²) in [7, 11) is 1.68. The number of rotatable bonds is 9. The average molecular weight is 267 g/mol. The van der Waals surface area contributed by atoms with E-state index in [9.17, 15) is 0 Å². The molecule has 0 spiro atoms. The summed E-state index contributed by atoms with van der Waals surface area (Å²) < 4.78 is 5.35. The van der Waals surface area contributed by atoms with Crippen LogP contribution in [-0.2, 0) is 4.74 Å². The summed E-state index contributed by atoms with van der Waals surface area (Å²) in [4.78, 5) is 0. The molecule has 0 radical (unpaired) electrons. The highest BCUT2D eigenvalue weighted by molar-refractivity contribution is 6.21. The molecule has 0 heterocycles. The van der Waals surface area contributed by atoms with Gasteiger partial charge in [0, 0.05) is 7.11 Å². The molecule has 0 unspecified atom stereocenters. The Morgan fingerprint density at radius 1 is 1.17 bits per heavy atom. The standard InChI is InChI=1S/C16H23ClO/c1-4-6-8-9-10-12-13-15(17)16(18-3)14-11-7-5-2/h2,6-8,10-12,15-16H,4,9,13-14H2,1,3H3/b8-6-,11-7-,12-10-/t15-,16-/m0/s1. The largest absolute Gasteiger partial charge is 0.380 e. The third-order valence-corrected chi connectivity index (χ3v) is 2.95. The molecule has 0 amide bonds. The van der Waals surface area contributed by atoms with Gasteiger partial charge in [-0.05, 0) is 31.8 Å². The predicted molar refractivity (Wildman–Crippen MR) is 80.8 cm³/mol. The van der Waals surface area contributed by atoms with Crippen molar-refractivity contribution in [2.75, 3.05) is 7.11 Å². The Hall–Kier alpha value is -0.970. The van der Waals surface area contributed by atoms with Crippen molar-refractivity contribution in [2.45, 2.75) is 44.1 Å². The first kappa shape index (κ1) is 17.0. The van der Waals surface area contributed by atoms with Crippen LogP contribution < -0.4 is 0 Å². The van der Waals surface area contributed by atoms with Crippen LogP contribution in [0.3, 0.4) is 0 Å². The van der Waals surface area contributed by atoms with E-state index in [0.29, 0.717) is 0 Å². The lowest BCUT2D eigenvalue weighted by molar-refractivity contribution is 0.102. The fourth-order valence-electron chi connectivity index (χ4n) is 1.48. The Morgan fingerprint density at radius 2 is 1.89 bits per heavy atom. The Morgan fingerprint density at radius 3 is 2.50 bits per heavy atom. The highest BCUT2D eigenvalue weighted by atomic mass is 35.5. The van der Waals surface area contributed by atoms with Crippen LogP contribution in [0, 0.1) is 12.3 Å². The van der Waals surface area contributed by atoms with Crippen LogP contribution in [0.2, 0.25) is 0 Å². The first-order valence-electron chi connectivity index (χ1n) is 6.34. The SMILES string of the molecule is C#C/C=C\C[C@H](OC)[C@@H](Cl)C/C=C\C/C=C\CC. The zero-order valence-electron chi connectivity index (χ0n) is 11.3. The first-order valence-corrected chi connectivity index (χ1v) is 6.77. The lowest BCUT2D eigenvalue weighted by Gasteiger charge is -2.17. The quantitative estimate of drug-likeness (QED) is 0.339. The molecular formula is C16H23ClO. The van der Waals surface area contributed by atoms with Crippen molar-refractivity contribution in [1.29, 1.82) is 0 Å². The predicted octanol–water partition coefficient (Wildman–Crippen LogP) is 4.49. The second-order valence-corrected chi connectivity index (χ2v) is 4.48. The van der Waals surface area contributed by atoms with Gasteiger partial charge in [0.05, 0.1) is 11.5 Å². The molecule has 100 valence electrons. The van der Waals surface area contributed by atoms with Crippen LogP contribution in [0.25, 0.3) is 0 Å². The van der Waals surface area contributed by atoms with Gasteiger partial charge in [0.1, 0.15) is 0 Å². The van der Waals surface area contributed by atoms with E-state index in [1.54, 1.807) is 13.2 Å². The molecule has 0 aromatic rings. The number of alkyl halides is 1. The number of ether oxygens (including phenoxy) is 1.